The van der Waals surface area contributed by atoms with E-state index in [1.807, 2.05) is 6.07 Å². The summed E-state index contributed by atoms with van der Waals surface area (Å²) in [7, 11) is 0. The number of nitrogens with one attached hydrogen (secondary N) is 2. The molecule has 2 N–H and O–H groups in total. The Kier molecular flexibility index (Phi) is 6.57. The monoisotopic (exact) mass is 422 g/mol. The number of aromatic nitrogens is 1. The van der Waals surface area contributed by atoms with Crippen LogP contribution in [0.5, 0.6) is 0 Å². The number of rotatable bonds is 6. The van der Waals surface area contributed by atoms with Crippen LogP contribution in [-0.2, 0) is 14.3 Å². The fraction of sp³-hybridized carbons (Fsp3) is 0.278. The maximum Gasteiger partial charge on any atom is 0.355 e. The number of carbonyl (C=O) groups is 3. The number of anilines is 1. The predicted octanol–water partition coefficient (Wildman–Crippen LogP) is 3.37. The van der Waals surface area contributed by atoms with E-state index in [1.165, 1.54) is 0 Å². The van der Waals surface area contributed by atoms with E-state index in [0.717, 1.165) is 4.47 Å². The Labute approximate surface area is 159 Å². The second kappa shape index (κ2) is 8.66. The van der Waals surface area contributed by atoms with Gasteiger partial charge in [0, 0.05) is 15.9 Å². The van der Waals surface area contributed by atoms with Crippen LogP contribution < -0.4 is 5.32 Å². The minimum Gasteiger partial charge on any atom is -0.461 e. The van der Waals surface area contributed by atoms with E-state index in [1.54, 1.807) is 39.0 Å². The molecule has 8 heteroatoms. The number of hydrogen-bond acceptors (Lipinski definition) is 5. The Bertz CT molecular complexity index is 844. The maximum absolute atomic E-state index is 12.3. The van der Waals surface area contributed by atoms with Crippen molar-refractivity contribution in [1.29, 1.82) is 0 Å². The summed E-state index contributed by atoms with van der Waals surface area (Å²) in [6, 6.07) is 7.05. The standard InChI is InChI=1S/C18H19BrN2O5/c1-4-25-18(24)16-10(2)15(11(3)20-16)17(23)26-9-14(22)21-13-7-5-6-12(19)8-13/h5-8,20H,4,9H2,1-3H3,(H,21,22). The third kappa shape index (κ3) is 4.72. The molecule has 0 aliphatic rings. The van der Waals surface area contributed by atoms with Gasteiger partial charge in [0.1, 0.15) is 5.69 Å². The number of aryl methyl sites for hydroxylation is 1. The first-order chi connectivity index (χ1) is 12.3. The van der Waals surface area contributed by atoms with Crippen LogP contribution in [0.4, 0.5) is 5.69 Å². The van der Waals surface area contributed by atoms with E-state index in [9.17, 15) is 14.4 Å². The zero-order valence-electron chi connectivity index (χ0n) is 14.6. The third-order valence-corrected chi connectivity index (χ3v) is 4.06. The summed E-state index contributed by atoms with van der Waals surface area (Å²) in [6.07, 6.45) is 0. The Hall–Kier alpha value is -2.61. The van der Waals surface area contributed by atoms with Crippen molar-refractivity contribution >= 4 is 39.5 Å². The second-order valence-corrected chi connectivity index (χ2v) is 6.40. The summed E-state index contributed by atoms with van der Waals surface area (Å²) >= 11 is 3.31. The first-order valence-electron chi connectivity index (χ1n) is 7.92. The lowest BCUT2D eigenvalue weighted by Crippen LogP contribution is -2.21. The molecule has 0 saturated heterocycles. The minimum atomic E-state index is -0.684. The zero-order chi connectivity index (χ0) is 19.3. The molecule has 7 nitrogen and oxygen atoms in total. The van der Waals surface area contributed by atoms with Gasteiger partial charge in [-0.2, -0.15) is 0 Å². The number of ether oxygens (including phenoxy) is 2. The first-order valence-corrected chi connectivity index (χ1v) is 8.71. The van der Waals surface area contributed by atoms with Crippen LogP contribution in [0.15, 0.2) is 28.7 Å². The van der Waals surface area contributed by atoms with Crippen molar-refractivity contribution in [3.05, 3.63) is 51.3 Å². The van der Waals surface area contributed by atoms with E-state index in [2.05, 4.69) is 26.2 Å². The van der Waals surface area contributed by atoms with E-state index in [0.29, 0.717) is 16.9 Å². The largest absolute Gasteiger partial charge is 0.461 e. The van der Waals surface area contributed by atoms with E-state index < -0.39 is 24.5 Å². The molecule has 0 atom stereocenters. The van der Waals surface area contributed by atoms with Crippen LogP contribution in [0.25, 0.3) is 0 Å². The van der Waals surface area contributed by atoms with Crippen molar-refractivity contribution in [3.63, 3.8) is 0 Å². The number of hydrogen-bond donors (Lipinski definition) is 2. The number of aromatic amines is 1. The highest BCUT2D eigenvalue weighted by Gasteiger charge is 2.24. The Balaban J connectivity index is 2.01. The number of benzene rings is 1. The molecule has 0 spiro atoms. The Morgan fingerprint density at radius 2 is 1.88 bits per heavy atom. The molecule has 1 amide bonds. The molecule has 0 aliphatic heterocycles. The Morgan fingerprint density at radius 1 is 1.15 bits per heavy atom. The fourth-order valence-electron chi connectivity index (χ4n) is 2.43. The highest BCUT2D eigenvalue weighted by atomic mass is 79.9. The molecular formula is C18H19BrN2O5. The highest BCUT2D eigenvalue weighted by Crippen LogP contribution is 2.20. The van der Waals surface area contributed by atoms with Gasteiger partial charge in [0.15, 0.2) is 6.61 Å². The van der Waals surface area contributed by atoms with Crippen LogP contribution in [0.2, 0.25) is 0 Å². The molecule has 0 radical (unpaired) electrons. The van der Waals surface area contributed by atoms with Gasteiger partial charge in [0.25, 0.3) is 5.91 Å². The molecular weight excluding hydrogens is 404 g/mol. The fourth-order valence-corrected chi connectivity index (χ4v) is 2.83. The summed E-state index contributed by atoms with van der Waals surface area (Å²) < 4.78 is 10.8. The van der Waals surface area contributed by atoms with Crippen molar-refractivity contribution in [3.8, 4) is 0 Å². The summed E-state index contributed by atoms with van der Waals surface area (Å²) in [5.41, 5.74) is 1.92. The van der Waals surface area contributed by atoms with Gasteiger partial charge in [-0.15, -0.1) is 0 Å². The summed E-state index contributed by atoms with van der Waals surface area (Å²) in [6.45, 7) is 4.75. The number of amides is 1. The number of halogens is 1. The van der Waals surface area contributed by atoms with Gasteiger partial charge in [0.2, 0.25) is 0 Å². The lowest BCUT2D eigenvalue weighted by molar-refractivity contribution is -0.119. The molecule has 0 bridgehead atoms. The second-order valence-electron chi connectivity index (χ2n) is 5.48. The van der Waals surface area contributed by atoms with Crippen molar-refractivity contribution in [1.82, 2.24) is 4.98 Å². The molecule has 0 unspecified atom stereocenters. The molecule has 138 valence electrons. The highest BCUT2D eigenvalue weighted by molar-refractivity contribution is 9.10. The smallest absolute Gasteiger partial charge is 0.355 e. The number of H-pyrrole nitrogens is 1. The van der Waals surface area contributed by atoms with Crippen molar-refractivity contribution in [2.24, 2.45) is 0 Å². The quantitative estimate of drug-likeness (QED) is 0.695. The molecule has 0 aliphatic carbocycles. The normalized spacial score (nSPS) is 10.3. The molecule has 0 fully saturated rings. The summed E-state index contributed by atoms with van der Waals surface area (Å²) in [4.78, 5) is 39.0. The van der Waals surface area contributed by atoms with Crippen LogP contribution >= 0.6 is 15.9 Å². The van der Waals surface area contributed by atoms with Gasteiger partial charge in [0.05, 0.1) is 12.2 Å². The van der Waals surface area contributed by atoms with Gasteiger partial charge < -0.3 is 19.8 Å². The van der Waals surface area contributed by atoms with Gasteiger partial charge in [-0.05, 0) is 44.5 Å². The van der Waals surface area contributed by atoms with E-state index >= 15 is 0 Å². The molecule has 2 rings (SSSR count). The average molecular weight is 423 g/mol. The lowest BCUT2D eigenvalue weighted by Gasteiger charge is -2.07. The van der Waals surface area contributed by atoms with Crippen LogP contribution in [0.3, 0.4) is 0 Å². The zero-order valence-corrected chi connectivity index (χ0v) is 16.2. The maximum atomic E-state index is 12.3. The third-order valence-electron chi connectivity index (χ3n) is 3.56. The molecule has 1 aromatic carbocycles. The van der Waals surface area contributed by atoms with E-state index in [4.69, 9.17) is 9.47 Å². The topological polar surface area (TPSA) is 97.5 Å². The molecule has 1 heterocycles. The minimum absolute atomic E-state index is 0.204. The van der Waals surface area contributed by atoms with Crippen LogP contribution in [0, 0.1) is 13.8 Å². The lowest BCUT2D eigenvalue weighted by atomic mass is 10.1. The average Bonchev–Trinajstić information content (AvgIpc) is 2.87. The van der Waals surface area contributed by atoms with Gasteiger partial charge in [-0.1, -0.05) is 22.0 Å². The number of esters is 2. The molecule has 1 aromatic heterocycles. The van der Waals surface area contributed by atoms with Crippen LogP contribution in [-0.4, -0.2) is 36.0 Å². The summed E-state index contributed by atoms with van der Waals surface area (Å²) in [5, 5.41) is 2.63. The SMILES string of the molecule is CCOC(=O)c1[nH]c(C)c(C(=O)OCC(=O)Nc2cccc(Br)c2)c1C. The molecule has 2 aromatic rings. The van der Waals surface area contributed by atoms with Gasteiger partial charge in [-0.25, -0.2) is 9.59 Å². The predicted molar refractivity (Wildman–Crippen MR) is 99.3 cm³/mol. The van der Waals surface area contributed by atoms with E-state index in [-0.39, 0.29) is 17.9 Å². The molecule has 26 heavy (non-hydrogen) atoms. The number of carbonyl (C=O) groups excluding carboxylic acids is 3. The van der Waals surface area contributed by atoms with Crippen LogP contribution in [0.1, 0.15) is 39.0 Å². The van der Waals surface area contributed by atoms with Crippen molar-refractivity contribution < 1.29 is 23.9 Å². The molecule has 0 saturated carbocycles. The van der Waals surface area contributed by atoms with Gasteiger partial charge in [-0.3, -0.25) is 4.79 Å². The van der Waals surface area contributed by atoms with Gasteiger partial charge >= 0.3 is 11.9 Å². The summed E-state index contributed by atoms with van der Waals surface area (Å²) in [5.74, 6) is -1.69. The van der Waals surface area contributed by atoms with Crippen molar-refractivity contribution in [2.75, 3.05) is 18.5 Å². The van der Waals surface area contributed by atoms with Crippen molar-refractivity contribution in [2.45, 2.75) is 20.8 Å². The first kappa shape index (κ1) is 19.7. The Morgan fingerprint density at radius 3 is 2.54 bits per heavy atom.